The van der Waals surface area contributed by atoms with Gasteiger partial charge in [0, 0.05) is 0 Å². The molecule has 0 saturated heterocycles. The van der Waals surface area contributed by atoms with Crippen molar-refractivity contribution in [2.75, 3.05) is 27.2 Å². The van der Waals surface area contributed by atoms with Gasteiger partial charge in [-0.2, -0.15) is 0 Å². The molecular weight excluding hydrogens is 397 g/mol. The number of unbranched alkanes of at least 4 members (excludes halogenated alkanes) is 12. The van der Waals surface area contributed by atoms with Gasteiger partial charge in [-0.25, -0.2) is 4.57 Å². The standard InChI is InChI=1S/C24H50NO4P/c1-5-7-8-9-10-11-12-13-14-15-16-17-18-19-20-21-22-24(29-30(26,27)28)23-25(3,4)6-2/h13-14,24H,5-12,15-23H2,1-4H3,(H-,26,27,28)/p+1. The number of hydrogen-bond donors (Lipinski definition) is 2. The van der Waals surface area contributed by atoms with Crippen LogP contribution in [-0.2, 0) is 9.09 Å². The zero-order chi connectivity index (χ0) is 22.7. The molecular formula is C24H51NO4P+. The molecule has 0 fully saturated rings. The van der Waals surface area contributed by atoms with Gasteiger partial charge in [-0.3, -0.25) is 4.52 Å². The maximum atomic E-state index is 11.2. The van der Waals surface area contributed by atoms with E-state index in [1.165, 1.54) is 77.0 Å². The second-order valence-electron chi connectivity index (χ2n) is 9.38. The number of allylic oxidation sites excluding steroid dienone is 2. The minimum Gasteiger partial charge on any atom is -0.327 e. The van der Waals surface area contributed by atoms with E-state index in [-0.39, 0.29) is 6.10 Å². The number of nitrogens with zero attached hydrogens (tertiary/aromatic N) is 1. The molecule has 6 heteroatoms. The van der Waals surface area contributed by atoms with E-state index in [0.717, 1.165) is 19.4 Å². The van der Waals surface area contributed by atoms with Crippen molar-refractivity contribution in [3.8, 4) is 0 Å². The fraction of sp³-hybridized carbons (Fsp3) is 0.917. The Morgan fingerprint density at radius 2 is 1.27 bits per heavy atom. The maximum Gasteiger partial charge on any atom is 0.470 e. The van der Waals surface area contributed by atoms with Crippen LogP contribution in [0.3, 0.4) is 0 Å². The third kappa shape index (κ3) is 21.1. The van der Waals surface area contributed by atoms with Crippen molar-refractivity contribution < 1.29 is 23.4 Å². The zero-order valence-electron chi connectivity index (χ0n) is 20.4. The Balaban J connectivity index is 3.69. The lowest BCUT2D eigenvalue weighted by molar-refractivity contribution is -0.891. The topological polar surface area (TPSA) is 66.8 Å². The molecule has 5 nitrogen and oxygen atoms in total. The Kier molecular flexibility index (Phi) is 18.3. The van der Waals surface area contributed by atoms with Crippen molar-refractivity contribution in [3.05, 3.63) is 12.2 Å². The lowest BCUT2D eigenvalue weighted by Gasteiger charge is -2.32. The van der Waals surface area contributed by atoms with Gasteiger partial charge in [0.05, 0.1) is 20.6 Å². The Hall–Kier alpha value is -0.190. The minimum atomic E-state index is -4.43. The molecule has 0 amide bonds. The smallest absolute Gasteiger partial charge is 0.327 e. The molecule has 0 saturated carbocycles. The average Bonchev–Trinajstić information content (AvgIpc) is 2.66. The zero-order valence-corrected chi connectivity index (χ0v) is 21.3. The van der Waals surface area contributed by atoms with Gasteiger partial charge in [0.2, 0.25) is 0 Å². The Labute approximate surface area is 187 Å². The third-order valence-corrected chi connectivity index (χ3v) is 6.45. The second kappa shape index (κ2) is 18.4. The molecule has 1 unspecified atom stereocenters. The van der Waals surface area contributed by atoms with E-state index in [1.54, 1.807) is 0 Å². The summed E-state index contributed by atoms with van der Waals surface area (Å²) >= 11 is 0. The van der Waals surface area contributed by atoms with Crippen molar-refractivity contribution in [1.82, 2.24) is 0 Å². The van der Waals surface area contributed by atoms with Crippen LogP contribution in [-0.4, -0.2) is 47.6 Å². The van der Waals surface area contributed by atoms with E-state index in [1.807, 2.05) is 0 Å². The quantitative estimate of drug-likeness (QED) is 0.0859. The molecule has 0 spiro atoms. The van der Waals surface area contributed by atoms with Crippen LogP contribution >= 0.6 is 7.82 Å². The largest absolute Gasteiger partial charge is 0.470 e. The summed E-state index contributed by atoms with van der Waals surface area (Å²) in [5.74, 6) is 0. The summed E-state index contributed by atoms with van der Waals surface area (Å²) in [4.78, 5) is 18.3. The van der Waals surface area contributed by atoms with Crippen LogP contribution in [0.25, 0.3) is 0 Å². The average molecular weight is 449 g/mol. The SMILES string of the molecule is CCCCCCCCC=CCCCCCCCCC(C[N+](C)(C)CC)OP(=O)(O)O. The molecule has 0 aliphatic carbocycles. The van der Waals surface area contributed by atoms with Gasteiger partial charge >= 0.3 is 7.82 Å². The molecule has 0 rings (SSSR count). The predicted molar refractivity (Wildman–Crippen MR) is 129 cm³/mol. The van der Waals surface area contributed by atoms with E-state index < -0.39 is 7.82 Å². The number of likely N-dealkylation sites (N-methyl/N-ethyl adjacent to an activating group) is 1. The number of quaternary nitrogens is 1. The summed E-state index contributed by atoms with van der Waals surface area (Å²) in [6, 6.07) is 0. The molecule has 0 aliphatic rings. The van der Waals surface area contributed by atoms with E-state index in [2.05, 4.69) is 40.1 Å². The normalized spacial score (nSPS) is 13.9. The monoisotopic (exact) mass is 448 g/mol. The third-order valence-electron chi connectivity index (χ3n) is 5.88. The molecule has 30 heavy (non-hydrogen) atoms. The van der Waals surface area contributed by atoms with Crippen molar-refractivity contribution >= 4 is 7.82 Å². The predicted octanol–water partition coefficient (Wildman–Crippen LogP) is 6.99. The number of phosphoric ester groups is 1. The summed E-state index contributed by atoms with van der Waals surface area (Å²) in [5, 5.41) is 0. The number of phosphoric acid groups is 1. The van der Waals surface area contributed by atoms with Crippen LogP contribution in [0.5, 0.6) is 0 Å². The first-order valence-electron chi connectivity index (χ1n) is 12.4. The van der Waals surface area contributed by atoms with Crippen molar-refractivity contribution in [3.63, 3.8) is 0 Å². The summed E-state index contributed by atoms with van der Waals surface area (Å²) < 4.78 is 17.0. The van der Waals surface area contributed by atoms with Gasteiger partial charge < -0.3 is 14.3 Å². The summed E-state index contributed by atoms with van der Waals surface area (Å²) in [6.07, 6.45) is 22.7. The van der Waals surface area contributed by atoms with Crippen molar-refractivity contribution in [1.29, 1.82) is 0 Å². The molecule has 0 aliphatic heterocycles. The van der Waals surface area contributed by atoms with E-state index in [9.17, 15) is 4.57 Å². The fourth-order valence-corrected chi connectivity index (χ4v) is 4.23. The minimum absolute atomic E-state index is 0.377. The molecule has 0 bridgehead atoms. The Morgan fingerprint density at radius 3 is 1.73 bits per heavy atom. The van der Waals surface area contributed by atoms with Crippen LogP contribution in [0.1, 0.15) is 110 Å². The van der Waals surface area contributed by atoms with Gasteiger partial charge in [-0.1, -0.05) is 83.3 Å². The molecule has 0 aromatic heterocycles. The van der Waals surface area contributed by atoms with Gasteiger partial charge in [-0.15, -0.1) is 0 Å². The first-order valence-corrected chi connectivity index (χ1v) is 13.9. The second-order valence-corrected chi connectivity index (χ2v) is 10.6. The lowest BCUT2D eigenvalue weighted by Crippen LogP contribution is -2.45. The van der Waals surface area contributed by atoms with Gasteiger partial charge in [0.1, 0.15) is 12.6 Å². The van der Waals surface area contributed by atoms with Gasteiger partial charge in [0.25, 0.3) is 0 Å². The van der Waals surface area contributed by atoms with Crippen LogP contribution in [0.2, 0.25) is 0 Å². The van der Waals surface area contributed by atoms with Gasteiger partial charge in [-0.05, 0) is 39.0 Å². The van der Waals surface area contributed by atoms with Crippen LogP contribution < -0.4 is 0 Å². The summed E-state index contributed by atoms with van der Waals surface area (Å²) in [5.41, 5.74) is 0. The number of rotatable bonds is 21. The molecule has 0 heterocycles. The number of hydrogen-bond acceptors (Lipinski definition) is 2. The fourth-order valence-electron chi connectivity index (χ4n) is 3.67. The molecule has 0 radical (unpaired) electrons. The maximum absolute atomic E-state index is 11.2. The molecule has 0 aromatic rings. The first-order chi connectivity index (χ1) is 14.2. The van der Waals surface area contributed by atoms with E-state index in [4.69, 9.17) is 14.3 Å². The first kappa shape index (κ1) is 29.8. The Bertz CT molecular complexity index is 462. The molecule has 1 atom stereocenters. The van der Waals surface area contributed by atoms with Crippen LogP contribution in [0, 0.1) is 0 Å². The highest BCUT2D eigenvalue weighted by atomic mass is 31.2. The van der Waals surface area contributed by atoms with Crippen LogP contribution in [0.15, 0.2) is 12.2 Å². The molecule has 0 aromatic carbocycles. The highest BCUT2D eigenvalue weighted by Crippen LogP contribution is 2.39. The van der Waals surface area contributed by atoms with Crippen molar-refractivity contribution in [2.24, 2.45) is 0 Å². The summed E-state index contributed by atoms with van der Waals surface area (Å²) in [7, 11) is -0.291. The highest BCUT2D eigenvalue weighted by molar-refractivity contribution is 7.46. The van der Waals surface area contributed by atoms with E-state index >= 15 is 0 Å². The van der Waals surface area contributed by atoms with Crippen molar-refractivity contribution in [2.45, 2.75) is 116 Å². The van der Waals surface area contributed by atoms with Crippen LogP contribution in [0.4, 0.5) is 0 Å². The molecule has 2 N–H and O–H groups in total. The lowest BCUT2D eigenvalue weighted by atomic mass is 10.1. The highest BCUT2D eigenvalue weighted by Gasteiger charge is 2.27. The summed E-state index contributed by atoms with van der Waals surface area (Å²) in [6.45, 7) is 5.89. The van der Waals surface area contributed by atoms with E-state index in [0.29, 0.717) is 17.4 Å². The molecule has 180 valence electrons. The Morgan fingerprint density at radius 1 is 0.800 bits per heavy atom. The van der Waals surface area contributed by atoms with Gasteiger partial charge in [0.15, 0.2) is 0 Å².